The number of aryl methyl sites for hydroxylation is 1. The lowest BCUT2D eigenvalue weighted by Gasteiger charge is -2.39. The topological polar surface area (TPSA) is 49.8 Å². The second-order valence-electron chi connectivity index (χ2n) is 12.6. The molecule has 0 saturated heterocycles. The maximum atomic E-state index is 15.7. The summed E-state index contributed by atoms with van der Waals surface area (Å²) < 4.78 is 22.4. The van der Waals surface area contributed by atoms with Gasteiger partial charge < -0.3 is 4.42 Å². The number of hydrogen-bond acceptors (Lipinski definition) is 3. The van der Waals surface area contributed by atoms with E-state index in [1.807, 2.05) is 61.5 Å². The zero-order valence-corrected chi connectivity index (χ0v) is 24.8. The van der Waals surface area contributed by atoms with Crippen molar-refractivity contribution < 1.29 is 8.81 Å². The maximum Gasteiger partial charge on any atom is 0.145 e. The highest BCUT2D eigenvalue weighted by molar-refractivity contribution is 6.40. The van der Waals surface area contributed by atoms with Gasteiger partial charge >= 0.3 is 0 Å². The summed E-state index contributed by atoms with van der Waals surface area (Å²) in [5.74, 6) is -0.279. The van der Waals surface area contributed by atoms with Gasteiger partial charge in [-0.2, -0.15) is 5.26 Å². The van der Waals surface area contributed by atoms with Crippen molar-refractivity contribution >= 4 is 37.6 Å². The van der Waals surface area contributed by atoms with E-state index in [-0.39, 0.29) is 11.2 Å². The van der Waals surface area contributed by atoms with Crippen molar-refractivity contribution in [1.82, 2.24) is 4.98 Å². The molecule has 0 aliphatic heterocycles. The molecule has 6 heteroatoms. The van der Waals surface area contributed by atoms with Gasteiger partial charge in [0, 0.05) is 34.2 Å². The Balaban J connectivity index is 1.54. The Labute approximate surface area is 247 Å². The van der Waals surface area contributed by atoms with Crippen molar-refractivity contribution in [3.63, 3.8) is 0 Å². The summed E-state index contributed by atoms with van der Waals surface area (Å²) in [6.07, 6.45) is 1.67. The van der Waals surface area contributed by atoms with Crippen LogP contribution in [-0.4, -0.2) is 20.7 Å². The summed E-state index contributed by atoms with van der Waals surface area (Å²) in [6.45, 7) is 8.32. The molecule has 0 bridgehead atoms. The van der Waals surface area contributed by atoms with Crippen molar-refractivity contribution in [2.75, 3.05) is 0 Å². The highest BCUT2D eigenvalue weighted by Crippen LogP contribution is 2.43. The number of pyridine rings is 1. The highest BCUT2D eigenvalue weighted by Gasteiger charge is 2.36. The van der Waals surface area contributed by atoms with Crippen LogP contribution in [-0.2, 0) is 5.21 Å². The van der Waals surface area contributed by atoms with Crippen LogP contribution in [0.1, 0.15) is 37.5 Å². The van der Waals surface area contributed by atoms with Crippen molar-refractivity contribution in [2.24, 2.45) is 5.41 Å². The van der Waals surface area contributed by atoms with Crippen LogP contribution in [0.15, 0.2) is 95.5 Å². The van der Waals surface area contributed by atoms with Crippen LogP contribution >= 0.6 is 0 Å². The second-order valence-corrected chi connectivity index (χ2v) is 12.6. The molecule has 0 unspecified atom stereocenters. The number of nitrogens with zero attached hydrogens (tertiary/aromatic N) is 2. The predicted molar refractivity (Wildman–Crippen MR) is 175 cm³/mol. The van der Waals surface area contributed by atoms with Crippen LogP contribution in [0.3, 0.4) is 0 Å². The normalized spacial score (nSPS) is 12.1. The molecule has 2 aromatic heterocycles. The number of nitriles is 1. The number of halogens is 1. The smallest absolute Gasteiger partial charge is 0.145 e. The highest BCUT2D eigenvalue weighted by atomic mass is 19.1. The number of benzene rings is 4. The van der Waals surface area contributed by atoms with E-state index in [0.717, 1.165) is 44.2 Å². The van der Waals surface area contributed by atoms with E-state index in [1.54, 1.807) is 6.20 Å². The van der Waals surface area contributed by atoms with Gasteiger partial charge in [0.1, 0.15) is 32.7 Å². The van der Waals surface area contributed by atoms with E-state index in [4.69, 9.17) is 9.40 Å². The molecule has 0 aliphatic rings. The SMILES string of the molecule is BC(B)(c1cnc(-c2c(C)ccc3c2oc2c(-c4ccc(-c5ccccc5)cc4)c(C#N)ccc23)cc1F)C(C)(C)C. The zero-order valence-electron chi connectivity index (χ0n) is 24.8. The van der Waals surface area contributed by atoms with Gasteiger partial charge in [-0.15, -0.1) is 0 Å². The Bertz CT molecular complexity index is 2020. The van der Waals surface area contributed by atoms with Gasteiger partial charge in [0.2, 0.25) is 0 Å². The summed E-state index contributed by atoms with van der Waals surface area (Å²) in [7, 11) is 4.11. The molecule has 0 atom stereocenters. The molecule has 6 rings (SSSR count). The third kappa shape index (κ3) is 4.41. The molecule has 42 heavy (non-hydrogen) atoms. The molecule has 0 spiro atoms. The van der Waals surface area contributed by atoms with Crippen molar-refractivity contribution in [1.29, 1.82) is 5.26 Å². The van der Waals surface area contributed by atoms with Gasteiger partial charge in [0.15, 0.2) is 0 Å². The quantitative estimate of drug-likeness (QED) is 0.212. The molecule has 0 fully saturated rings. The number of aromatic nitrogens is 1. The van der Waals surface area contributed by atoms with Gasteiger partial charge in [0.25, 0.3) is 0 Å². The standard InChI is InChI=1S/C36H31B2FN2O/c1-21-10-16-26-27-17-15-25(19-40)32(24-13-11-23(12-14-24)22-8-6-5-7-9-22)34(27)42-33(26)31(21)30-18-29(39)28(20-41-30)36(37,38)35(2,3)4/h5-18,20H,37-38H2,1-4H3. The molecule has 204 valence electrons. The minimum absolute atomic E-state index is 0.153. The molecule has 0 amide bonds. The molecule has 0 radical (unpaired) electrons. The Hall–Kier alpha value is -4.62. The average Bonchev–Trinajstić information content (AvgIpc) is 3.34. The molecule has 4 aromatic carbocycles. The average molecular weight is 548 g/mol. The predicted octanol–water partition coefficient (Wildman–Crippen LogP) is 7.77. The Morgan fingerprint density at radius 1 is 0.786 bits per heavy atom. The van der Waals surface area contributed by atoms with Crippen LogP contribution in [0.4, 0.5) is 4.39 Å². The van der Waals surface area contributed by atoms with Gasteiger partial charge in [-0.25, -0.2) is 4.39 Å². The van der Waals surface area contributed by atoms with Crippen LogP contribution < -0.4 is 0 Å². The lowest BCUT2D eigenvalue weighted by molar-refractivity contribution is 0.349. The molecule has 3 nitrogen and oxygen atoms in total. The Morgan fingerprint density at radius 2 is 1.38 bits per heavy atom. The number of rotatable bonds is 4. The second kappa shape index (κ2) is 10.0. The summed E-state index contributed by atoms with van der Waals surface area (Å²) in [6, 6.07) is 30.1. The van der Waals surface area contributed by atoms with Crippen LogP contribution in [0.2, 0.25) is 0 Å². The molecule has 2 heterocycles. The first kappa shape index (κ1) is 27.5. The molecular weight excluding hydrogens is 517 g/mol. The van der Waals surface area contributed by atoms with E-state index in [9.17, 15) is 5.26 Å². The molecule has 0 N–H and O–H groups in total. The van der Waals surface area contributed by atoms with Crippen molar-refractivity contribution in [3.8, 4) is 39.6 Å². The molecule has 0 saturated carbocycles. The largest absolute Gasteiger partial charge is 0.455 e. The third-order valence-electron chi connectivity index (χ3n) is 9.08. The first-order valence-electron chi connectivity index (χ1n) is 14.2. The van der Waals surface area contributed by atoms with Gasteiger partial charge in [0.05, 0.1) is 17.3 Å². The first-order chi connectivity index (χ1) is 20.0. The summed E-state index contributed by atoms with van der Waals surface area (Å²) in [5.41, 5.74) is 8.32. The number of hydrogen-bond donors (Lipinski definition) is 0. The van der Waals surface area contributed by atoms with Gasteiger partial charge in [-0.1, -0.05) is 92.7 Å². The Morgan fingerprint density at radius 3 is 2.00 bits per heavy atom. The fraction of sp³-hybridized carbons (Fsp3) is 0.167. The first-order valence-corrected chi connectivity index (χ1v) is 14.2. The van der Waals surface area contributed by atoms with Crippen molar-refractivity contribution in [3.05, 3.63) is 114 Å². The number of furan rings is 1. The minimum Gasteiger partial charge on any atom is -0.455 e. The molecule has 6 aromatic rings. The van der Waals surface area contributed by atoms with Crippen LogP contribution in [0.5, 0.6) is 0 Å². The Kier molecular flexibility index (Phi) is 6.58. The van der Waals surface area contributed by atoms with Gasteiger partial charge in [-0.3, -0.25) is 4.98 Å². The van der Waals surface area contributed by atoms with E-state index in [1.165, 1.54) is 6.07 Å². The van der Waals surface area contributed by atoms with Gasteiger partial charge in [-0.05, 0) is 52.3 Å². The minimum atomic E-state index is -0.415. The monoisotopic (exact) mass is 548 g/mol. The summed E-state index contributed by atoms with van der Waals surface area (Å²) in [4.78, 5) is 4.77. The lowest BCUT2D eigenvalue weighted by Crippen LogP contribution is -2.42. The van der Waals surface area contributed by atoms with E-state index in [0.29, 0.717) is 28.0 Å². The van der Waals surface area contributed by atoms with E-state index < -0.39 is 5.21 Å². The number of fused-ring (bicyclic) bond motifs is 3. The molecule has 0 aliphatic carbocycles. The zero-order chi connectivity index (χ0) is 29.8. The fourth-order valence-corrected chi connectivity index (χ4v) is 5.59. The lowest BCUT2D eigenvalue weighted by atomic mass is 9.41. The summed E-state index contributed by atoms with van der Waals surface area (Å²) >= 11 is 0. The third-order valence-corrected chi connectivity index (χ3v) is 9.08. The molecular formula is C36H31B2FN2O. The van der Waals surface area contributed by atoms with Crippen molar-refractivity contribution in [2.45, 2.75) is 32.9 Å². The summed E-state index contributed by atoms with van der Waals surface area (Å²) in [5, 5.41) is 11.4. The maximum absolute atomic E-state index is 15.7. The van der Waals surface area contributed by atoms with E-state index >= 15 is 4.39 Å². The van der Waals surface area contributed by atoms with Crippen LogP contribution in [0, 0.1) is 29.5 Å². The van der Waals surface area contributed by atoms with E-state index in [2.05, 4.69) is 66.8 Å². The van der Waals surface area contributed by atoms with Crippen LogP contribution in [0.25, 0.3) is 55.4 Å². The fourth-order valence-electron chi connectivity index (χ4n) is 5.59.